The van der Waals surface area contributed by atoms with Gasteiger partial charge in [0.15, 0.2) is 0 Å². The van der Waals surface area contributed by atoms with Crippen LogP contribution in [0.4, 0.5) is 11.4 Å². The molecule has 1 aliphatic heterocycles. The monoisotopic (exact) mass is 384 g/mol. The highest BCUT2D eigenvalue weighted by molar-refractivity contribution is 6.06. The molecule has 0 aromatic heterocycles. The maximum Gasteiger partial charge on any atom is 0.337 e. The van der Waals surface area contributed by atoms with Crippen LogP contribution in [-0.4, -0.2) is 56.5 Å². The van der Waals surface area contributed by atoms with Crippen LogP contribution in [0.5, 0.6) is 0 Å². The van der Waals surface area contributed by atoms with E-state index in [0.29, 0.717) is 43.3 Å². The van der Waals surface area contributed by atoms with Crippen LogP contribution < -0.4 is 10.2 Å². The average molecular weight is 384 g/mol. The Kier molecular flexibility index (Phi) is 6.28. The smallest absolute Gasteiger partial charge is 0.337 e. The van der Waals surface area contributed by atoms with E-state index in [-0.39, 0.29) is 17.6 Å². The third-order valence-electron chi connectivity index (χ3n) is 4.65. The molecule has 1 aliphatic rings. The summed E-state index contributed by atoms with van der Waals surface area (Å²) in [6.07, 6.45) is -0.110. The number of nitrogens with one attached hydrogen (secondary N) is 1. The standard InChI is InChI=1S/C21H24N2O5/c1-14-5-3-4-6-17(14)20(24)22-15-7-8-19(18(11-15)21(25)26)23(2)12-16-13-27-9-10-28-16/h3-8,11,16H,9-10,12-13H2,1-2H3,(H,22,24)(H,25,26)/t16-/m1/s1. The predicted molar refractivity (Wildman–Crippen MR) is 106 cm³/mol. The Morgan fingerprint density at radius 1 is 1.18 bits per heavy atom. The molecular formula is C21H24N2O5. The van der Waals surface area contributed by atoms with Crippen molar-refractivity contribution in [2.75, 3.05) is 43.6 Å². The lowest BCUT2D eigenvalue weighted by Gasteiger charge is -2.29. The van der Waals surface area contributed by atoms with Gasteiger partial charge in [-0.2, -0.15) is 0 Å². The van der Waals surface area contributed by atoms with Crippen LogP contribution >= 0.6 is 0 Å². The number of carbonyl (C=O) groups is 2. The molecule has 1 saturated heterocycles. The third kappa shape index (κ3) is 4.68. The molecule has 7 nitrogen and oxygen atoms in total. The fourth-order valence-electron chi connectivity index (χ4n) is 3.19. The number of rotatable bonds is 6. The van der Waals surface area contributed by atoms with Crippen LogP contribution in [0.3, 0.4) is 0 Å². The zero-order valence-corrected chi connectivity index (χ0v) is 16.0. The number of anilines is 2. The van der Waals surface area contributed by atoms with Crippen molar-refractivity contribution in [2.45, 2.75) is 13.0 Å². The maximum atomic E-state index is 12.5. The Bertz CT molecular complexity index is 862. The molecule has 7 heteroatoms. The molecule has 1 heterocycles. The summed E-state index contributed by atoms with van der Waals surface area (Å²) < 4.78 is 11.0. The largest absolute Gasteiger partial charge is 0.478 e. The van der Waals surface area contributed by atoms with E-state index < -0.39 is 5.97 Å². The lowest BCUT2D eigenvalue weighted by molar-refractivity contribution is -0.0837. The molecule has 0 spiro atoms. The highest BCUT2D eigenvalue weighted by Gasteiger charge is 2.21. The van der Waals surface area contributed by atoms with E-state index in [1.54, 1.807) is 24.3 Å². The summed E-state index contributed by atoms with van der Waals surface area (Å²) >= 11 is 0. The second-order valence-corrected chi connectivity index (χ2v) is 6.75. The number of ether oxygens (including phenoxy) is 2. The van der Waals surface area contributed by atoms with Gasteiger partial charge in [-0.3, -0.25) is 4.79 Å². The number of aromatic carboxylic acids is 1. The van der Waals surface area contributed by atoms with Crippen molar-refractivity contribution in [3.05, 3.63) is 59.2 Å². The van der Waals surface area contributed by atoms with Crippen molar-refractivity contribution >= 4 is 23.3 Å². The minimum atomic E-state index is -1.06. The molecule has 1 amide bonds. The molecule has 2 N–H and O–H groups in total. The normalized spacial score (nSPS) is 16.4. The molecule has 0 radical (unpaired) electrons. The number of aryl methyl sites for hydroxylation is 1. The van der Waals surface area contributed by atoms with Crippen molar-refractivity contribution in [3.8, 4) is 0 Å². The number of benzene rings is 2. The van der Waals surface area contributed by atoms with Crippen LogP contribution in [-0.2, 0) is 9.47 Å². The van der Waals surface area contributed by atoms with E-state index in [1.165, 1.54) is 6.07 Å². The molecule has 148 valence electrons. The van der Waals surface area contributed by atoms with Gasteiger partial charge in [0, 0.05) is 24.8 Å². The van der Waals surface area contributed by atoms with Gasteiger partial charge in [0.2, 0.25) is 0 Å². The van der Waals surface area contributed by atoms with Crippen molar-refractivity contribution in [2.24, 2.45) is 0 Å². The zero-order chi connectivity index (χ0) is 20.1. The van der Waals surface area contributed by atoms with Crippen LogP contribution in [0.25, 0.3) is 0 Å². The lowest BCUT2D eigenvalue weighted by Crippen LogP contribution is -2.38. The number of amides is 1. The van der Waals surface area contributed by atoms with E-state index in [4.69, 9.17) is 9.47 Å². The van der Waals surface area contributed by atoms with Gasteiger partial charge in [-0.25, -0.2) is 4.79 Å². The Morgan fingerprint density at radius 3 is 2.64 bits per heavy atom. The average Bonchev–Trinajstić information content (AvgIpc) is 2.69. The van der Waals surface area contributed by atoms with Crippen LogP contribution in [0.2, 0.25) is 0 Å². The number of hydrogen-bond donors (Lipinski definition) is 2. The number of likely N-dealkylation sites (N-methyl/N-ethyl adjacent to an activating group) is 1. The minimum Gasteiger partial charge on any atom is -0.478 e. The number of nitrogens with zero attached hydrogens (tertiary/aromatic N) is 1. The Labute approximate surface area is 163 Å². The van der Waals surface area contributed by atoms with Crippen molar-refractivity contribution in [1.82, 2.24) is 0 Å². The summed E-state index contributed by atoms with van der Waals surface area (Å²) in [5, 5.41) is 12.4. The van der Waals surface area contributed by atoms with Crippen LogP contribution in [0.15, 0.2) is 42.5 Å². The van der Waals surface area contributed by atoms with E-state index in [2.05, 4.69) is 5.32 Å². The molecule has 28 heavy (non-hydrogen) atoms. The molecule has 1 atom stereocenters. The van der Waals surface area contributed by atoms with Gasteiger partial charge in [-0.05, 0) is 36.8 Å². The van der Waals surface area contributed by atoms with Gasteiger partial charge in [0.25, 0.3) is 5.91 Å². The van der Waals surface area contributed by atoms with Gasteiger partial charge in [-0.1, -0.05) is 18.2 Å². The van der Waals surface area contributed by atoms with Gasteiger partial charge in [0.05, 0.1) is 37.2 Å². The molecule has 0 bridgehead atoms. The number of carboxylic acid groups (broad SMARTS) is 1. The van der Waals surface area contributed by atoms with Gasteiger partial charge < -0.3 is 24.8 Å². The van der Waals surface area contributed by atoms with E-state index >= 15 is 0 Å². The fourth-order valence-corrected chi connectivity index (χ4v) is 3.19. The first-order chi connectivity index (χ1) is 13.5. The van der Waals surface area contributed by atoms with E-state index in [9.17, 15) is 14.7 Å². The molecule has 3 rings (SSSR count). The van der Waals surface area contributed by atoms with E-state index in [0.717, 1.165) is 5.56 Å². The molecule has 2 aromatic rings. The molecule has 0 aliphatic carbocycles. The first kappa shape index (κ1) is 19.9. The maximum absolute atomic E-state index is 12.5. The Balaban J connectivity index is 1.78. The number of carboxylic acids is 1. The van der Waals surface area contributed by atoms with Gasteiger partial charge >= 0.3 is 5.97 Å². The summed E-state index contributed by atoms with van der Waals surface area (Å²) in [6, 6.07) is 12.1. The van der Waals surface area contributed by atoms with Crippen LogP contribution in [0, 0.1) is 6.92 Å². The topological polar surface area (TPSA) is 88.1 Å². The predicted octanol–water partition coefficient (Wildman–Crippen LogP) is 2.80. The fraction of sp³-hybridized carbons (Fsp3) is 0.333. The molecule has 0 saturated carbocycles. The summed E-state index contributed by atoms with van der Waals surface area (Å²) in [4.78, 5) is 26.1. The Morgan fingerprint density at radius 2 is 1.96 bits per heavy atom. The summed E-state index contributed by atoms with van der Waals surface area (Å²) in [5.74, 6) is -1.34. The second kappa shape index (κ2) is 8.86. The quantitative estimate of drug-likeness (QED) is 0.796. The minimum absolute atomic E-state index is 0.110. The zero-order valence-electron chi connectivity index (χ0n) is 16.0. The summed E-state index contributed by atoms with van der Waals surface area (Å²) in [6.45, 7) is 3.96. The van der Waals surface area contributed by atoms with E-state index in [1.807, 2.05) is 31.0 Å². The highest BCUT2D eigenvalue weighted by atomic mass is 16.6. The second-order valence-electron chi connectivity index (χ2n) is 6.75. The first-order valence-electron chi connectivity index (χ1n) is 9.10. The SMILES string of the molecule is Cc1ccccc1C(=O)Nc1ccc(N(C)C[C@@H]2COCCO2)c(C(=O)O)c1. The van der Waals surface area contributed by atoms with Crippen molar-refractivity contribution in [3.63, 3.8) is 0 Å². The summed E-state index contributed by atoms with van der Waals surface area (Å²) in [7, 11) is 1.81. The van der Waals surface area contributed by atoms with Crippen molar-refractivity contribution < 1.29 is 24.2 Å². The molecule has 1 fully saturated rings. The van der Waals surface area contributed by atoms with Crippen molar-refractivity contribution in [1.29, 1.82) is 0 Å². The number of carbonyl (C=O) groups excluding carboxylic acids is 1. The van der Waals surface area contributed by atoms with Gasteiger partial charge in [0.1, 0.15) is 0 Å². The lowest BCUT2D eigenvalue weighted by atomic mass is 10.1. The summed E-state index contributed by atoms with van der Waals surface area (Å²) in [5.41, 5.74) is 2.50. The molecule has 2 aromatic carbocycles. The van der Waals surface area contributed by atoms with Crippen LogP contribution in [0.1, 0.15) is 26.3 Å². The first-order valence-corrected chi connectivity index (χ1v) is 9.10. The Hall–Kier alpha value is -2.90. The third-order valence-corrected chi connectivity index (χ3v) is 4.65. The highest BCUT2D eigenvalue weighted by Crippen LogP contribution is 2.25. The van der Waals surface area contributed by atoms with Gasteiger partial charge in [-0.15, -0.1) is 0 Å². The number of hydrogen-bond acceptors (Lipinski definition) is 5. The molecular weight excluding hydrogens is 360 g/mol. The molecule has 0 unspecified atom stereocenters.